The molecule has 3 aromatic heterocycles. The molecule has 2 atom stereocenters. The van der Waals surface area contributed by atoms with Gasteiger partial charge < -0.3 is 15.4 Å². The Kier molecular flexibility index (Phi) is 6.34. The topological polar surface area (TPSA) is 104 Å². The van der Waals surface area contributed by atoms with Crippen LogP contribution in [0.1, 0.15) is 13.8 Å². The Balaban J connectivity index is 2.09. The number of aromatic nitrogens is 4. The number of carbonyl (C=O) groups is 1. The van der Waals surface area contributed by atoms with Gasteiger partial charge in [0.1, 0.15) is 16.5 Å². The number of nitrogens with zero attached hydrogens (tertiary/aromatic N) is 3. The molecule has 0 aliphatic rings. The molecule has 3 rings (SSSR count). The maximum Gasteiger partial charge on any atom is 0.398 e. The second-order valence-corrected chi connectivity index (χ2v) is 7.69. The van der Waals surface area contributed by atoms with Crippen molar-refractivity contribution in [3.8, 4) is 11.4 Å². The van der Waals surface area contributed by atoms with Gasteiger partial charge in [-0.2, -0.15) is 17.6 Å². The van der Waals surface area contributed by atoms with Crippen LogP contribution >= 0.6 is 11.8 Å². The average molecular weight is 461 g/mol. The first-order chi connectivity index (χ1) is 14.5. The van der Waals surface area contributed by atoms with Crippen LogP contribution in [-0.4, -0.2) is 49.0 Å². The largest absolute Gasteiger partial charge is 0.481 e. The van der Waals surface area contributed by atoms with Crippen LogP contribution < -0.4 is 5.32 Å². The molecule has 3 aromatic rings. The molecule has 7 nitrogen and oxygen atoms in total. The highest BCUT2D eigenvalue weighted by atomic mass is 32.2. The number of carboxylic acid groups (broad SMARTS) is 1. The predicted octanol–water partition coefficient (Wildman–Crippen LogP) is 4.47. The number of thioether (sulfide) groups is 1. The first-order valence-electron chi connectivity index (χ1n) is 8.85. The van der Waals surface area contributed by atoms with Gasteiger partial charge >= 0.3 is 12.1 Å². The smallest absolute Gasteiger partial charge is 0.398 e. The molecular formula is C18H16F5N5O2S. The Labute approximate surface area is 176 Å². The van der Waals surface area contributed by atoms with Crippen molar-refractivity contribution in [2.24, 2.45) is 5.92 Å². The van der Waals surface area contributed by atoms with E-state index in [2.05, 4.69) is 25.3 Å². The van der Waals surface area contributed by atoms with E-state index in [1.165, 1.54) is 20.0 Å². The van der Waals surface area contributed by atoms with Crippen molar-refractivity contribution in [3.63, 3.8) is 0 Å². The van der Waals surface area contributed by atoms with Gasteiger partial charge in [0.25, 0.3) is 0 Å². The van der Waals surface area contributed by atoms with Gasteiger partial charge in [0.05, 0.1) is 17.9 Å². The molecule has 3 N–H and O–H groups in total. The lowest BCUT2D eigenvalue weighted by atomic mass is 10.0. The number of aliphatic carboxylic acids is 1. The Hall–Kier alpha value is -2.96. The minimum absolute atomic E-state index is 0.123. The summed E-state index contributed by atoms with van der Waals surface area (Å²) in [4.78, 5) is 25.7. The number of anilines is 1. The van der Waals surface area contributed by atoms with Crippen LogP contribution in [0.3, 0.4) is 0 Å². The van der Waals surface area contributed by atoms with Crippen molar-refractivity contribution in [2.45, 2.75) is 31.1 Å². The molecule has 0 aromatic carbocycles. The molecule has 31 heavy (non-hydrogen) atoms. The van der Waals surface area contributed by atoms with E-state index in [0.29, 0.717) is 0 Å². The second-order valence-electron chi connectivity index (χ2n) is 6.73. The normalized spacial score (nSPS) is 13.9. The Morgan fingerprint density at radius 3 is 2.65 bits per heavy atom. The van der Waals surface area contributed by atoms with Gasteiger partial charge in [-0.1, -0.05) is 11.8 Å². The van der Waals surface area contributed by atoms with E-state index in [-0.39, 0.29) is 34.2 Å². The number of pyridine rings is 1. The molecule has 0 saturated heterocycles. The number of hydrogen-bond donors (Lipinski definition) is 3. The van der Waals surface area contributed by atoms with E-state index < -0.39 is 52.3 Å². The lowest BCUT2D eigenvalue weighted by Gasteiger charge is -2.20. The molecule has 0 amide bonds. The second kappa shape index (κ2) is 8.65. The fraction of sp³-hybridized carbons (Fsp3) is 0.333. The maximum absolute atomic E-state index is 14.9. The molecule has 0 fully saturated rings. The first kappa shape index (κ1) is 22.7. The molecule has 0 radical (unpaired) electrons. The Bertz CT molecular complexity index is 1120. The summed E-state index contributed by atoms with van der Waals surface area (Å²) in [7, 11) is 0. The number of aromatic amines is 1. The molecule has 0 bridgehead atoms. The number of H-pyrrole nitrogens is 1. The maximum atomic E-state index is 14.9. The highest BCUT2D eigenvalue weighted by Gasteiger charge is 2.30. The first-order valence-corrected chi connectivity index (χ1v) is 9.84. The summed E-state index contributed by atoms with van der Waals surface area (Å²) in [6, 6.07) is 0.323. The van der Waals surface area contributed by atoms with Gasteiger partial charge in [-0.05, 0) is 19.9 Å². The summed E-state index contributed by atoms with van der Waals surface area (Å²) in [6.07, 6.45) is -2.23. The number of fused-ring (bicyclic) bond motifs is 1. The van der Waals surface area contributed by atoms with E-state index >= 15 is 0 Å². The summed E-state index contributed by atoms with van der Waals surface area (Å²) in [5, 5.41) is 11.4. The summed E-state index contributed by atoms with van der Waals surface area (Å²) >= 11 is 0.123. The monoisotopic (exact) mass is 461 g/mol. The van der Waals surface area contributed by atoms with Crippen molar-refractivity contribution in [3.05, 3.63) is 30.1 Å². The number of alkyl halides is 3. The number of nitrogens with one attached hydrogen (secondary N) is 2. The fourth-order valence-electron chi connectivity index (χ4n) is 2.61. The van der Waals surface area contributed by atoms with E-state index in [9.17, 15) is 26.7 Å². The van der Waals surface area contributed by atoms with Crippen LogP contribution in [0.15, 0.2) is 23.5 Å². The van der Waals surface area contributed by atoms with Crippen molar-refractivity contribution >= 4 is 34.6 Å². The van der Waals surface area contributed by atoms with Crippen LogP contribution in [0.4, 0.5) is 27.8 Å². The third-order valence-electron chi connectivity index (χ3n) is 4.44. The van der Waals surface area contributed by atoms with Crippen LogP contribution in [0.5, 0.6) is 0 Å². The molecule has 13 heteroatoms. The molecule has 3 heterocycles. The molecule has 166 valence electrons. The number of halogens is 5. The zero-order chi connectivity index (χ0) is 22.9. The number of hydrogen-bond acceptors (Lipinski definition) is 6. The zero-order valence-electron chi connectivity index (χ0n) is 16.1. The standard InChI is InChI=1S/C18H16F5N5O2S/c1-7(17(29)30)8(2)26-15-12(20)16(31-6-18(21,22)23)28-14(27-15)11-5-25-13-10(11)3-9(19)4-24-13/h3-5,7-8H,6H2,1-2H3,(H,24,25)(H,29,30)(H,26,27,28). The van der Waals surface area contributed by atoms with Crippen LogP contribution in [0.2, 0.25) is 0 Å². The summed E-state index contributed by atoms with van der Waals surface area (Å²) in [5.74, 6) is -5.95. The lowest BCUT2D eigenvalue weighted by molar-refractivity contribution is -0.141. The number of rotatable bonds is 7. The van der Waals surface area contributed by atoms with E-state index in [1.54, 1.807) is 0 Å². The molecule has 0 spiro atoms. The van der Waals surface area contributed by atoms with Crippen molar-refractivity contribution in [1.82, 2.24) is 19.9 Å². The summed E-state index contributed by atoms with van der Waals surface area (Å²) in [5.41, 5.74) is 0.467. The lowest BCUT2D eigenvalue weighted by Crippen LogP contribution is -2.30. The molecular weight excluding hydrogens is 445 g/mol. The minimum Gasteiger partial charge on any atom is -0.481 e. The predicted molar refractivity (Wildman–Crippen MR) is 104 cm³/mol. The van der Waals surface area contributed by atoms with Crippen molar-refractivity contribution in [1.29, 1.82) is 0 Å². The van der Waals surface area contributed by atoms with Crippen LogP contribution in [0, 0.1) is 17.6 Å². The van der Waals surface area contributed by atoms with Gasteiger partial charge in [-0.3, -0.25) is 4.79 Å². The van der Waals surface area contributed by atoms with Crippen LogP contribution in [0.25, 0.3) is 22.4 Å². The van der Waals surface area contributed by atoms with E-state index in [1.807, 2.05) is 0 Å². The third kappa shape index (κ3) is 5.21. The van der Waals surface area contributed by atoms with Gasteiger partial charge in [0.15, 0.2) is 17.5 Å². The van der Waals surface area contributed by atoms with Crippen molar-refractivity contribution < 1.29 is 31.9 Å². The molecule has 2 unspecified atom stereocenters. The molecule has 0 aliphatic heterocycles. The molecule has 0 saturated carbocycles. The quantitative estimate of drug-likeness (QED) is 0.271. The van der Waals surface area contributed by atoms with Gasteiger partial charge in [-0.15, -0.1) is 0 Å². The highest BCUT2D eigenvalue weighted by molar-refractivity contribution is 7.99. The van der Waals surface area contributed by atoms with Crippen LogP contribution in [-0.2, 0) is 4.79 Å². The zero-order valence-corrected chi connectivity index (χ0v) is 16.9. The minimum atomic E-state index is -4.57. The van der Waals surface area contributed by atoms with E-state index in [4.69, 9.17) is 5.11 Å². The SMILES string of the molecule is CC(Nc1nc(-c2c[nH]c3ncc(F)cc23)nc(SCC(F)(F)F)c1F)C(C)C(=O)O. The molecule has 0 aliphatic carbocycles. The Morgan fingerprint density at radius 2 is 2.00 bits per heavy atom. The van der Waals surface area contributed by atoms with Crippen molar-refractivity contribution in [2.75, 3.05) is 11.1 Å². The third-order valence-corrected chi connectivity index (χ3v) is 5.45. The summed E-state index contributed by atoms with van der Waals surface area (Å²) < 4.78 is 66.6. The number of carboxylic acids is 1. The Morgan fingerprint density at radius 1 is 1.29 bits per heavy atom. The van der Waals surface area contributed by atoms with Gasteiger partial charge in [-0.25, -0.2) is 19.3 Å². The van der Waals surface area contributed by atoms with Gasteiger partial charge in [0, 0.05) is 23.2 Å². The highest BCUT2D eigenvalue weighted by Crippen LogP contribution is 2.34. The average Bonchev–Trinajstić information content (AvgIpc) is 3.10. The van der Waals surface area contributed by atoms with E-state index in [0.717, 1.165) is 12.3 Å². The summed E-state index contributed by atoms with van der Waals surface area (Å²) in [6.45, 7) is 2.85. The van der Waals surface area contributed by atoms with Gasteiger partial charge in [0.2, 0.25) is 0 Å². The fourth-order valence-corrected chi connectivity index (χ4v) is 3.28.